The average Bonchev–Trinajstić information content (AvgIpc) is 2.81. The van der Waals surface area contributed by atoms with Gasteiger partial charge in [0.15, 0.2) is 5.82 Å². The Bertz CT molecular complexity index is 936. The lowest BCUT2D eigenvalue weighted by Crippen LogP contribution is -2.09. The Kier molecular flexibility index (Phi) is 8.59. The van der Waals surface area contributed by atoms with Gasteiger partial charge in [0.2, 0.25) is 0 Å². The van der Waals surface area contributed by atoms with E-state index in [-0.39, 0.29) is 0 Å². The first-order valence-electron chi connectivity index (χ1n) is 11.1. The summed E-state index contributed by atoms with van der Waals surface area (Å²) in [7, 11) is 0. The maximum Gasteiger partial charge on any atom is 0.346 e. The Morgan fingerprint density at radius 2 is 1.45 bits per heavy atom. The van der Waals surface area contributed by atoms with E-state index in [2.05, 4.69) is 23.8 Å². The molecule has 0 saturated heterocycles. The molecule has 0 saturated carbocycles. The smallest absolute Gasteiger partial charge is 0.346 e. The third-order valence-electron chi connectivity index (χ3n) is 4.97. The van der Waals surface area contributed by atoms with E-state index in [1.807, 2.05) is 48.5 Å². The Morgan fingerprint density at radius 1 is 0.806 bits per heavy atom. The molecule has 31 heavy (non-hydrogen) atoms. The number of hydrogen-bond acceptors (Lipinski definition) is 5. The SMILES string of the molecule is CCCCCc1ccc(OC(=O)c2cnc(-c3ccc(OCCCC)cc3)nc2)cc1. The van der Waals surface area contributed by atoms with Crippen LogP contribution in [0.4, 0.5) is 0 Å². The molecular formula is C26H30N2O3. The number of benzene rings is 2. The monoisotopic (exact) mass is 418 g/mol. The van der Waals surface area contributed by atoms with Crippen molar-refractivity contribution < 1.29 is 14.3 Å². The van der Waals surface area contributed by atoms with Gasteiger partial charge in [-0.15, -0.1) is 0 Å². The molecule has 0 radical (unpaired) electrons. The number of esters is 1. The fourth-order valence-corrected chi connectivity index (χ4v) is 3.09. The lowest BCUT2D eigenvalue weighted by molar-refractivity contribution is 0.0734. The van der Waals surface area contributed by atoms with Crippen molar-refractivity contribution in [1.82, 2.24) is 9.97 Å². The summed E-state index contributed by atoms with van der Waals surface area (Å²) < 4.78 is 11.1. The molecule has 3 rings (SSSR count). The molecule has 1 aromatic heterocycles. The molecule has 0 aliphatic carbocycles. The van der Waals surface area contributed by atoms with Crippen LogP contribution in [-0.2, 0) is 6.42 Å². The first kappa shape index (κ1) is 22.5. The third-order valence-corrected chi connectivity index (χ3v) is 4.97. The van der Waals surface area contributed by atoms with Gasteiger partial charge in [-0.25, -0.2) is 14.8 Å². The quantitative estimate of drug-likeness (QED) is 0.208. The van der Waals surface area contributed by atoms with Gasteiger partial charge in [0, 0.05) is 18.0 Å². The number of carbonyl (C=O) groups excluding carboxylic acids is 1. The average molecular weight is 419 g/mol. The van der Waals surface area contributed by atoms with Crippen molar-refractivity contribution in [2.24, 2.45) is 0 Å². The zero-order valence-electron chi connectivity index (χ0n) is 18.3. The number of nitrogens with zero attached hydrogens (tertiary/aromatic N) is 2. The summed E-state index contributed by atoms with van der Waals surface area (Å²) in [6, 6.07) is 15.3. The molecule has 0 amide bonds. The molecule has 0 atom stereocenters. The lowest BCUT2D eigenvalue weighted by atomic mass is 10.1. The number of carbonyl (C=O) groups is 1. The van der Waals surface area contributed by atoms with Gasteiger partial charge >= 0.3 is 5.97 Å². The number of unbranched alkanes of at least 4 members (excludes halogenated alkanes) is 3. The highest BCUT2D eigenvalue weighted by Crippen LogP contribution is 2.20. The van der Waals surface area contributed by atoms with Crippen LogP contribution < -0.4 is 9.47 Å². The first-order valence-corrected chi connectivity index (χ1v) is 11.1. The van der Waals surface area contributed by atoms with Crippen LogP contribution in [0, 0.1) is 0 Å². The predicted octanol–water partition coefficient (Wildman–Crippen LogP) is 6.27. The van der Waals surface area contributed by atoms with Gasteiger partial charge in [-0.1, -0.05) is 45.2 Å². The van der Waals surface area contributed by atoms with Gasteiger partial charge in [-0.2, -0.15) is 0 Å². The molecule has 0 aliphatic rings. The van der Waals surface area contributed by atoms with Crippen molar-refractivity contribution in [3.05, 3.63) is 72.1 Å². The predicted molar refractivity (Wildman–Crippen MR) is 123 cm³/mol. The van der Waals surface area contributed by atoms with E-state index < -0.39 is 5.97 Å². The summed E-state index contributed by atoms with van der Waals surface area (Å²) >= 11 is 0. The van der Waals surface area contributed by atoms with Crippen LogP contribution in [0.5, 0.6) is 11.5 Å². The number of aryl methyl sites for hydroxylation is 1. The van der Waals surface area contributed by atoms with Gasteiger partial charge in [0.05, 0.1) is 12.2 Å². The van der Waals surface area contributed by atoms with Gasteiger partial charge in [-0.3, -0.25) is 0 Å². The lowest BCUT2D eigenvalue weighted by Gasteiger charge is -2.07. The second kappa shape index (κ2) is 11.8. The zero-order valence-corrected chi connectivity index (χ0v) is 18.3. The van der Waals surface area contributed by atoms with E-state index in [4.69, 9.17) is 9.47 Å². The largest absolute Gasteiger partial charge is 0.494 e. The molecule has 0 fully saturated rings. The van der Waals surface area contributed by atoms with Crippen LogP contribution in [0.15, 0.2) is 60.9 Å². The Labute approximate surface area is 184 Å². The van der Waals surface area contributed by atoms with Crippen molar-refractivity contribution in [3.63, 3.8) is 0 Å². The Morgan fingerprint density at radius 3 is 2.10 bits per heavy atom. The van der Waals surface area contributed by atoms with Gasteiger partial charge < -0.3 is 9.47 Å². The van der Waals surface area contributed by atoms with Crippen molar-refractivity contribution in [2.45, 2.75) is 52.4 Å². The molecule has 5 heteroatoms. The topological polar surface area (TPSA) is 61.3 Å². The van der Waals surface area contributed by atoms with Crippen molar-refractivity contribution in [3.8, 4) is 22.9 Å². The number of hydrogen-bond donors (Lipinski definition) is 0. The minimum atomic E-state index is -0.468. The van der Waals surface area contributed by atoms with Crippen LogP contribution in [0.2, 0.25) is 0 Å². The summed E-state index contributed by atoms with van der Waals surface area (Å²) in [5.74, 6) is 1.43. The van der Waals surface area contributed by atoms with Crippen LogP contribution in [-0.4, -0.2) is 22.5 Å². The molecule has 162 valence electrons. The van der Waals surface area contributed by atoms with Crippen LogP contribution in [0.25, 0.3) is 11.4 Å². The number of aromatic nitrogens is 2. The second-order valence-electron chi connectivity index (χ2n) is 7.51. The van der Waals surface area contributed by atoms with Crippen LogP contribution >= 0.6 is 0 Å². The Hall–Kier alpha value is -3.21. The fourth-order valence-electron chi connectivity index (χ4n) is 3.09. The zero-order chi connectivity index (χ0) is 21.9. The summed E-state index contributed by atoms with van der Waals surface area (Å²) in [5, 5.41) is 0. The van der Waals surface area contributed by atoms with E-state index >= 15 is 0 Å². The first-order chi connectivity index (χ1) is 15.2. The molecule has 5 nitrogen and oxygen atoms in total. The molecule has 0 N–H and O–H groups in total. The van der Waals surface area contributed by atoms with Gasteiger partial charge in [0.25, 0.3) is 0 Å². The highest BCUT2D eigenvalue weighted by atomic mass is 16.5. The number of rotatable bonds is 11. The highest BCUT2D eigenvalue weighted by Gasteiger charge is 2.11. The summed E-state index contributed by atoms with van der Waals surface area (Å²) in [4.78, 5) is 21.0. The minimum Gasteiger partial charge on any atom is -0.494 e. The molecular weight excluding hydrogens is 388 g/mol. The molecule has 2 aromatic carbocycles. The van der Waals surface area contributed by atoms with E-state index in [0.717, 1.165) is 30.6 Å². The molecule has 0 spiro atoms. The van der Waals surface area contributed by atoms with Crippen molar-refractivity contribution in [1.29, 1.82) is 0 Å². The maximum absolute atomic E-state index is 12.4. The Balaban J connectivity index is 1.56. The molecule has 0 bridgehead atoms. The van der Waals surface area contributed by atoms with E-state index in [1.165, 1.54) is 37.2 Å². The van der Waals surface area contributed by atoms with Crippen molar-refractivity contribution >= 4 is 5.97 Å². The molecule has 3 aromatic rings. The third kappa shape index (κ3) is 6.92. The summed E-state index contributed by atoms with van der Waals surface area (Å²) in [5.41, 5.74) is 2.43. The molecule has 1 heterocycles. The highest BCUT2D eigenvalue weighted by molar-refractivity contribution is 5.90. The van der Waals surface area contributed by atoms with Crippen LogP contribution in [0.3, 0.4) is 0 Å². The number of ether oxygens (including phenoxy) is 2. The minimum absolute atomic E-state index is 0.315. The summed E-state index contributed by atoms with van der Waals surface area (Å²) in [6.07, 6.45) is 9.78. The fraction of sp³-hybridized carbons (Fsp3) is 0.346. The van der Waals surface area contributed by atoms with E-state index in [0.29, 0.717) is 23.7 Å². The second-order valence-corrected chi connectivity index (χ2v) is 7.51. The molecule has 0 unspecified atom stereocenters. The van der Waals surface area contributed by atoms with E-state index in [9.17, 15) is 4.79 Å². The standard InChI is InChI=1S/C26H30N2O3/c1-3-5-7-8-20-9-13-24(14-10-20)31-26(29)22-18-27-25(28-19-22)21-11-15-23(16-12-21)30-17-6-4-2/h9-16,18-19H,3-8,17H2,1-2H3. The van der Waals surface area contributed by atoms with Crippen LogP contribution in [0.1, 0.15) is 61.9 Å². The van der Waals surface area contributed by atoms with E-state index in [1.54, 1.807) is 0 Å². The van der Waals surface area contributed by atoms with Gasteiger partial charge in [-0.05, 0) is 61.2 Å². The van der Waals surface area contributed by atoms with Gasteiger partial charge in [0.1, 0.15) is 11.5 Å². The molecule has 0 aliphatic heterocycles. The summed E-state index contributed by atoms with van der Waals surface area (Å²) in [6.45, 7) is 5.04. The normalized spacial score (nSPS) is 10.6. The van der Waals surface area contributed by atoms with Crippen molar-refractivity contribution in [2.75, 3.05) is 6.61 Å². The maximum atomic E-state index is 12.4.